The number of carboxylic acid groups (broad SMARTS) is 1. The molecule has 1 heterocycles. The van der Waals surface area contributed by atoms with Crippen molar-refractivity contribution >= 4 is 45.7 Å². The highest BCUT2D eigenvalue weighted by Gasteiger charge is 2.17. The van der Waals surface area contributed by atoms with Crippen LogP contribution in [0.5, 0.6) is 5.75 Å². The summed E-state index contributed by atoms with van der Waals surface area (Å²) >= 11 is 0.973. The molecular formula is C21H15NO4S. The number of benzene rings is 3. The molecule has 5 nitrogen and oxygen atoms in total. The van der Waals surface area contributed by atoms with Crippen LogP contribution in [0.15, 0.2) is 75.2 Å². The van der Waals surface area contributed by atoms with Gasteiger partial charge in [-0.1, -0.05) is 42.5 Å². The van der Waals surface area contributed by atoms with Gasteiger partial charge >= 0.3 is 5.97 Å². The number of hydrogen-bond donors (Lipinski definition) is 1. The molecule has 1 N–H and O–H groups in total. The van der Waals surface area contributed by atoms with Crippen LogP contribution in [0.1, 0.15) is 5.56 Å². The van der Waals surface area contributed by atoms with Gasteiger partial charge in [-0.3, -0.25) is 0 Å². The number of carbonyl (C=O) groups is 1. The molecule has 0 aliphatic carbocycles. The fraction of sp³-hybridized carbons (Fsp3) is 0.0476. The van der Waals surface area contributed by atoms with E-state index in [0.717, 1.165) is 22.5 Å². The Balaban J connectivity index is 1.81. The quantitative estimate of drug-likeness (QED) is 0.380. The molecule has 3 aromatic carbocycles. The van der Waals surface area contributed by atoms with Crippen LogP contribution in [-0.2, 0) is 4.79 Å². The molecule has 134 valence electrons. The Morgan fingerprint density at radius 3 is 2.67 bits per heavy atom. The van der Waals surface area contributed by atoms with Crippen molar-refractivity contribution in [3.05, 3.63) is 71.1 Å². The maximum atomic E-state index is 11.9. The predicted octanol–water partition coefficient (Wildman–Crippen LogP) is 5.21. The number of thioether (sulfide) groups is 1. The average molecular weight is 377 g/mol. The van der Waals surface area contributed by atoms with Gasteiger partial charge in [0.2, 0.25) is 0 Å². The van der Waals surface area contributed by atoms with Crippen molar-refractivity contribution in [3.8, 4) is 5.75 Å². The molecular weight excluding hydrogens is 362 g/mol. The Hall–Kier alpha value is -3.25. The number of methoxy groups -OCH3 is 1. The van der Waals surface area contributed by atoms with E-state index in [9.17, 15) is 9.90 Å². The van der Waals surface area contributed by atoms with Gasteiger partial charge in [0.05, 0.1) is 7.11 Å². The van der Waals surface area contributed by atoms with Gasteiger partial charge in [0.15, 0.2) is 5.58 Å². The van der Waals surface area contributed by atoms with Gasteiger partial charge in [0.1, 0.15) is 16.2 Å². The van der Waals surface area contributed by atoms with Crippen LogP contribution >= 0.6 is 11.8 Å². The van der Waals surface area contributed by atoms with Crippen LogP contribution < -0.4 is 4.74 Å². The summed E-state index contributed by atoms with van der Waals surface area (Å²) in [6, 6.07) is 18.8. The maximum absolute atomic E-state index is 11.9. The molecule has 4 aromatic rings. The third-order valence-corrected chi connectivity index (χ3v) is 4.97. The van der Waals surface area contributed by atoms with E-state index in [1.54, 1.807) is 19.3 Å². The number of carboxylic acids is 1. The minimum Gasteiger partial charge on any atom is -0.496 e. The van der Waals surface area contributed by atoms with Crippen LogP contribution in [0.25, 0.3) is 27.9 Å². The lowest BCUT2D eigenvalue weighted by Gasteiger charge is -2.10. The molecule has 0 bridgehead atoms. The van der Waals surface area contributed by atoms with Crippen molar-refractivity contribution in [1.29, 1.82) is 0 Å². The highest BCUT2D eigenvalue weighted by atomic mass is 32.2. The first kappa shape index (κ1) is 17.2. The molecule has 0 aliphatic rings. The minimum absolute atomic E-state index is 0.0937. The van der Waals surface area contributed by atoms with Crippen molar-refractivity contribution < 1.29 is 19.1 Å². The Morgan fingerprint density at radius 1 is 1.11 bits per heavy atom. The summed E-state index contributed by atoms with van der Waals surface area (Å²) < 4.78 is 11.1. The van der Waals surface area contributed by atoms with E-state index >= 15 is 0 Å². The van der Waals surface area contributed by atoms with Gasteiger partial charge < -0.3 is 14.3 Å². The van der Waals surface area contributed by atoms with Crippen LogP contribution in [0.3, 0.4) is 0 Å². The van der Waals surface area contributed by atoms with Gasteiger partial charge in [-0.05, 0) is 46.8 Å². The van der Waals surface area contributed by atoms with E-state index in [-0.39, 0.29) is 10.1 Å². The predicted molar refractivity (Wildman–Crippen MR) is 106 cm³/mol. The molecule has 4 rings (SSSR count). The summed E-state index contributed by atoms with van der Waals surface area (Å²) in [5.74, 6) is -0.456. The Bertz CT molecular complexity index is 1150. The number of aliphatic carboxylic acids is 1. The number of nitrogens with zero attached hydrogens (tertiary/aromatic N) is 1. The SMILES string of the molecule is COc1ccc2ccccc2c1/C=C(\Sc1nc2ccccc2o1)C(=O)O. The van der Waals surface area contributed by atoms with Gasteiger partial charge in [0.25, 0.3) is 5.22 Å². The molecule has 0 saturated carbocycles. The zero-order chi connectivity index (χ0) is 18.8. The largest absolute Gasteiger partial charge is 0.496 e. The number of oxazole rings is 1. The van der Waals surface area contributed by atoms with Crippen molar-refractivity contribution in [2.24, 2.45) is 0 Å². The van der Waals surface area contributed by atoms with Crippen LogP contribution in [0.2, 0.25) is 0 Å². The fourth-order valence-corrected chi connectivity index (χ4v) is 3.58. The molecule has 0 spiro atoms. The van der Waals surface area contributed by atoms with E-state index in [2.05, 4.69) is 4.98 Å². The van der Waals surface area contributed by atoms with E-state index < -0.39 is 5.97 Å². The summed E-state index contributed by atoms with van der Waals surface area (Å²) in [7, 11) is 1.57. The Morgan fingerprint density at radius 2 is 1.89 bits per heavy atom. The maximum Gasteiger partial charge on any atom is 0.342 e. The van der Waals surface area contributed by atoms with Gasteiger partial charge in [-0.2, -0.15) is 0 Å². The molecule has 0 unspecified atom stereocenters. The second-order valence-electron chi connectivity index (χ2n) is 5.77. The lowest BCUT2D eigenvalue weighted by Crippen LogP contribution is -1.98. The number of fused-ring (bicyclic) bond motifs is 2. The number of aromatic nitrogens is 1. The number of para-hydroxylation sites is 2. The molecule has 0 fully saturated rings. The Kier molecular flexibility index (Phi) is 4.56. The average Bonchev–Trinajstić information content (AvgIpc) is 3.10. The highest BCUT2D eigenvalue weighted by Crippen LogP contribution is 2.35. The third-order valence-electron chi connectivity index (χ3n) is 4.11. The first-order valence-corrected chi connectivity index (χ1v) is 9.01. The third kappa shape index (κ3) is 3.39. The molecule has 27 heavy (non-hydrogen) atoms. The molecule has 0 amide bonds. The first-order chi connectivity index (χ1) is 13.2. The topological polar surface area (TPSA) is 72.6 Å². The first-order valence-electron chi connectivity index (χ1n) is 8.20. The van der Waals surface area contributed by atoms with Crippen LogP contribution in [-0.4, -0.2) is 23.2 Å². The standard InChI is InChI=1S/C21H15NO4S/c1-25-17-11-10-13-6-2-3-7-14(13)15(17)12-19(20(23)24)27-21-22-16-8-4-5-9-18(16)26-21/h2-12H,1H3,(H,23,24)/b19-12-. The molecule has 0 radical (unpaired) electrons. The smallest absolute Gasteiger partial charge is 0.342 e. The van der Waals surface area contributed by atoms with Crippen molar-refractivity contribution in [2.45, 2.75) is 5.22 Å². The zero-order valence-electron chi connectivity index (χ0n) is 14.4. The number of ether oxygens (including phenoxy) is 1. The normalized spacial score (nSPS) is 11.8. The highest BCUT2D eigenvalue weighted by molar-refractivity contribution is 8.03. The summed E-state index contributed by atoms with van der Waals surface area (Å²) in [5, 5.41) is 11.9. The molecule has 0 atom stereocenters. The molecule has 6 heteroatoms. The van der Waals surface area contributed by atoms with Crippen LogP contribution in [0.4, 0.5) is 0 Å². The summed E-state index contributed by atoms with van der Waals surface area (Å²) in [6.45, 7) is 0. The van der Waals surface area contributed by atoms with Crippen LogP contribution in [0, 0.1) is 0 Å². The summed E-state index contributed by atoms with van der Waals surface area (Å²) in [4.78, 5) is 16.3. The fourth-order valence-electron chi connectivity index (χ4n) is 2.86. The number of hydrogen-bond acceptors (Lipinski definition) is 5. The van der Waals surface area contributed by atoms with E-state index in [4.69, 9.17) is 9.15 Å². The monoisotopic (exact) mass is 377 g/mol. The van der Waals surface area contributed by atoms with Gasteiger partial charge in [0, 0.05) is 5.56 Å². The second kappa shape index (κ2) is 7.17. The molecule has 0 aliphatic heterocycles. The van der Waals surface area contributed by atoms with E-state index in [1.165, 1.54) is 0 Å². The van der Waals surface area contributed by atoms with Crippen molar-refractivity contribution in [1.82, 2.24) is 4.98 Å². The molecule has 0 saturated heterocycles. The van der Waals surface area contributed by atoms with Gasteiger partial charge in [-0.25, -0.2) is 9.78 Å². The van der Waals surface area contributed by atoms with Crippen molar-refractivity contribution in [3.63, 3.8) is 0 Å². The van der Waals surface area contributed by atoms with Gasteiger partial charge in [-0.15, -0.1) is 0 Å². The Labute approximate surface area is 159 Å². The van der Waals surface area contributed by atoms with E-state index in [1.807, 2.05) is 54.6 Å². The summed E-state index contributed by atoms with van der Waals surface area (Å²) in [6.07, 6.45) is 1.60. The molecule has 1 aromatic heterocycles. The lowest BCUT2D eigenvalue weighted by atomic mass is 10.0. The zero-order valence-corrected chi connectivity index (χ0v) is 15.2. The summed E-state index contributed by atoms with van der Waals surface area (Å²) in [5.41, 5.74) is 2.01. The number of rotatable bonds is 5. The minimum atomic E-state index is -1.06. The lowest BCUT2D eigenvalue weighted by molar-refractivity contribution is -0.131. The van der Waals surface area contributed by atoms with Crippen molar-refractivity contribution in [2.75, 3.05) is 7.11 Å². The van der Waals surface area contributed by atoms with E-state index in [0.29, 0.717) is 22.4 Å². The second-order valence-corrected chi connectivity index (χ2v) is 6.76.